The maximum Gasteiger partial charge on any atom is 0.345 e. The number of ether oxygens (including phenoxy) is 1. The molecule has 0 amide bonds. The molecule has 7 nitrogen and oxygen atoms in total. The van der Waals surface area contributed by atoms with Crippen molar-refractivity contribution in [3.63, 3.8) is 0 Å². The van der Waals surface area contributed by atoms with Crippen LogP contribution in [0.2, 0.25) is 0 Å². The van der Waals surface area contributed by atoms with Gasteiger partial charge in [0.15, 0.2) is 16.9 Å². The Labute approximate surface area is 152 Å². The summed E-state index contributed by atoms with van der Waals surface area (Å²) in [6.07, 6.45) is 4.42. The van der Waals surface area contributed by atoms with Crippen LogP contribution in [0.5, 0.6) is 11.5 Å². The first-order valence-corrected chi connectivity index (χ1v) is 7.96. The van der Waals surface area contributed by atoms with E-state index in [1.807, 2.05) is 0 Å². The van der Waals surface area contributed by atoms with Crippen molar-refractivity contribution in [3.8, 4) is 22.8 Å². The Bertz CT molecular complexity index is 1200. The zero-order chi connectivity index (χ0) is 18.8. The molecule has 27 heavy (non-hydrogen) atoms. The third kappa shape index (κ3) is 3.25. The van der Waals surface area contributed by atoms with Gasteiger partial charge in [-0.2, -0.15) is 0 Å². The van der Waals surface area contributed by atoms with Gasteiger partial charge in [-0.1, -0.05) is 0 Å². The molecule has 1 N–H and O–H groups in total. The second-order valence-corrected chi connectivity index (χ2v) is 5.64. The molecule has 0 atom stereocenters. The van der Waals surface area contributed by atoms with Crippen LogP contribution in [0.25, 0.3) is 22.4 Å². The number of carbonyl (C=O) groups excluding carboxylic acids is 1. The smallest absolute Gasteiger partial charge is 0.345 e. The van der Waals surface area contributed by atoms with E-state index in [1.54, 1.807) is 30.3 Å². The summed E-state index contributed by atoms with van der Waals surface area (Å²) in [6.45, 7) is 0. The zero-order valence-electron chi connectivity index (χ0n) is 13.8. The summed E-state index contributed by atoms with van der Waals surface area (Å²) in [6, 6.07) is 12.1. The van der Waals surface area contributed by atoms with Gasteiger partial charge in [-0.05, 0) is 42.5 Å². The van der Waals surface area contributed by atoms with E-state index in [0.29, 0.717) is 10.9 Å². The molecule has 0 saturated heterocycles. The highest BCUT2D eigenvalue weighted by atomic mass is 16.5. The number of carbonyl (C=O) groups is 1. The second-order valence-electron chi connectivity index (χ2n) is 5.64. The van der Waals surface area contributed by atoms with E-state index >= 15 is 0 Å². The number of hydrogen-bond acceptors (Lipinski definition) is 7. The number of benzene rings is 1. The Balaban J connectivity index is 1.66. The number of rotatable bonds is 3. The van der Waals surface area contributed by atoms with Crippen molar-refractivity contribution in [2.75, 3.05) is 0 Å². The summed E-state index contributed by atoms with van der Waals surface area (Å²) in [7, 11) is 0. The van der Waals surface area contributed by atoms with Gasteiger partial charge in [0.05, 0.1) is 10.9 Å². The van der Waals surface area contributed by atoms with Crippen LogP contribution in [-0.4, -0.2) is 21.0 Å². The molecular formula is C20H12N2O5. The molecule has 0 unspecified atom stereocenters. The zero-order valence-corrected chi connectivity index (χ0v) is 13.8. The Hall–Kier alpha value is -4.00. The highest BCUT2D eigenvalue weighted by Crippen LogP contribution is 2.32. The van der Waals surface area contributed by atoms with Gasteiger partial charge in [0.25, 0.3) is 0 Å². The third-order valence-electron chi connectivity index (χ3n) is 3.85. The predicted molar refractivity (Wildman–Crippen MR) is 96.6 cm³/mol. The fourth-order valence-electron chi connectivity index (χ4n) is 2.53. The summed E-state index contributed by atoms with van der Waals surface area (Å²) >= 11 is 0. The molecule has 132 valence electrons. The van der Waals surface area contributed by atoms with Crippen molar-refractivity contribution in [2.45, 2.75) is 0 Å². The van der Waals surface area contributed by atoms with Crippen LogP contribution >= 0.6 is 0 Å². The molecule has 0 spiro atoms. The van der Waals surface area contributed by atoms with E-state index in [-0.39, 0.29) is 34.0 Å². The predicted octanol–water partition coefficient (Wildman–Crippen LogP) is 3.17. The number of fused-ring (bicyclic) bond motifs is 1. The molecule has 0 saturated carbocycles. The van der Waals surface area contributed by atoms with Gasteiger partial charge in [-0.25, -0.2) is 9.78 Å². The Kier molecular flexibility index (Phi) is 4.10. The summed E-state index contributed by atoms with van der Waals surface area (Å²) in [5.74, 6) is -0.693. The first-order valence-electron chi connectivity index (χ1n) is 7.96. The van der Waals surface area contributed by atoms with E-state index in [2.05, 4.69) is 9.97 Å². The second kappa shape index (κ2) is 6.72. The van der Waals surface area contributed by atoms with Crippen LogP contribution in [0.3, 0.4) is 0 Å². The molecule has 0 radical (unpaired) electrons. The van der Waals surface area contributed by atoms with Gasteiger partial charge in [-0.3, -0.25) is 9.78 Å². The molecule has 0 bridgehead atoms. The van der Waals surface area contributed by atoms with Crippen LogP contribution in [-0.2, 0) is 0 Å². The number of nitrogens with zero attached hydrogens (tertiary/aromatic N) is 2. The highest BCUT2D eigenvalue weighted by Gasteiger charge is 2.14. The maximum atomic E-state index is 12.2. The van der Waals surface area contributed by atoms with Gasteiger partial charge in [0.1, 0.15) is 5.76 Å². The lowest BCUT2D eigenvalue weighted by Crippen LogP contribution is -2.08. The molecule has 4 rings (SSSR count). The molecule has 0 aliphatic carbocycles. The van der Waals surface area contributed by atoms with Gasteiger partial charge in [-0.15, -0.1) is 0 Å². The van der Waals surface area contributed by atoms with Crippen molar-refractivity contribution >= 4 is 17.1 Å². The van der Waals surface area contributed by atoms with E-state index < -0.39 is 5.97 Å². The van der Waals surface area contributed by atoms with Crippen molar-refractivity contribution < 1.29 is 19.1 Å². The fraction of sp³-hybridized carbons (Fsp3) is 0. The average molecular weight is 360 g/mol. The summed E-state index contributed by atoms with van der Waals surface area (Å²) in [5, 5.41) is 10.6. The summed E-state index contributed by atoms with van der Waals surface area (Å²) in [4.78, 5) is 32.1. The minimum Gasteiger partial charge on any atom is -0.504 e. The van der Waals surface area contributed by atoms with Crippen LogP contribution < -0.4 is 10.2 Å². The number of aromatic nitrogens is 2. The maximum absolute atomic E-state index is 12.2. The summed E-state index contributed by atoms with van der Waals surface area (Å²) in [5.41, 5.74) is 0.656. The summed E-state index contributed by atoms with van der Waals surface area (Å²) < 4.78 is 10.8. The lowest BCUT2D eigenvalue weighted by molar-refractivity contribution is 0.0729. The van der Waals surface area contributed by atoms with Crippen molar-refractivity contribution in [1.82, 2.24) is 9.97 Å². The van der Waals surface area contributed by atoms with E-state index in [0.717, 1.165) is 0 Å². The molecular weight excluding hydrogens is 348 g/mol. The van der Waals surface area contributed by atoms with Crippen LogP contribution in [0.1, 0.15) is 10.4 Å². The minimum absolute atomic E-state index is 0.0196. The first-order chi connectivity index (χ1) is 13.1. The monoisotopic (exact) mass is 360 g/mol. The van der Waals surface area contributed by atoms with Crippen molar-refractivity contribution in [2.24, 2.45) is 0 Å². The highest BCUT2D eigenvalue weighted by molar-refractivity contribution is 5.91. The number of pyridine rings is 2. The molecule has 0 aliphatic heterocycles. The fourth-order valence-corrected chi connectivity index (χ4v) is 2.53. The first kappa shape index (κ1) is 16.5. The van der Waals surface area contributed by atoms with Gasteiger partial charge in [0, 0.05) is 30.2 Å². The van der Waals surface area contributed by atoms with E-state index in [1.165, 1.54) is 36.8 Å². The standard InChI is InChI=1S/C20H12N2O5/c23-15-10-18(26-19-14(15)4-2-8-22-19)12-5-6-17(16(24)9-12)27-20(25)13-3-1-7-21-11-13/h1-11,24H. The minimum atomic E-state index is -0.646. The van der Waals surface area contributed by atoms with Gasteiger partial charge >= 0.3 is 5.97 Å². The SMILES string of the molecule is O=C(Oc1ccc(-c2cc(=O)c3cccnc3o2)cc1O)c1cccnc1. The number of esters is 1. The van der Waals surface area contributed by atoms with E-state index in [9.17, 15) is 14.7 Å². The number of hydrogen-bond donors (Lipinski definition) is 1. The van der Waals surface area contributed by atoms with Crippen molar-refractivity contribution in [1.29, 1.82) is 0 Å². The molecule has 3 heterocycles. The van der Waals surface area contributed by atoms with Crippen LogP contribution in [0.15, 0.2) is 76.3 Å². The van der Waals surface area contributed by atoms with Gasteiger partial charge in [0.2, 0.25) is 5.71 Å². The average Bonchev–Trinajstić information content (AvgIpc) is 2.70. The van der Waals surface area contributed by atoms with Crippen LogP contribution in [0, 0.1) is 0 Å². The molecule has 0 fully saturated rings. The number of phenols is 1. The van der Waals surface area contributed by atoms with Crippen LogP contribution in [0.4, 0.5) is 0 Å². The topological polar surface area (TPSA) is 103 Å². The van der Waals surface area contributed by atoms with Crippen molar-refractivity contribution in [3.05, 3.63) is 82.9 Å². The quantitative estimate of drug-likeness (QED) is 0.442. The normalized spacial score (nSPS) is 10.7. The lowest BCUT2D eigenvalue weighted by Gasteiger charge is -2.08. The Morgan fingerprint density at radius 3 is 2.70 bits per heavy atom. The Morgan fingerprint density at radius 1 is 1.07 bits per heavy atom. The lowest BCUT2D eigenvalue weighted by atomic mass is 10.1. The molecule has 7 heteroatoms. The number of aromatic hydroxyl groups is 1. The van der Waals surface area contributed by atoms with E-state index in [4.69, 9.17) is 9.15 Å². The molecule has 4 aromatic rings. The molecule has 1 aromatic carbocycles. The largest absolute Gasteiger partial charge is 0.504 e. The molecule has 3 aromatic heterocycles. The van der Waals surface area contributed by atoms with Gasteiger partial charge < -0.3 is 14.3 Å². The Morgan fingerprint density at radius 2 is 1.93 bits per heavy atom. The number of phenolic OH excluding ortho intramolecular Hbond substituents is 1. The third-order valence-corrected chi connectivity index (χ3v) is 3.85. The molecule has 0 aliphatic rings.